The minimum absolute atomic E-state index is 0.275. The van der Waals surface area contributed by atoms with Gasteiger partial charge in [0.1, 0.15) is 5.82 Å². The molecule has 2 N–H and O–H groups in total. The van der Waals surface area contributed by atoms with Gasteiger partial charge in [-0.05, 0) is 42.8 Å². The largest absolute Gasteiger partial charge is 0.347 e. The number of carbonyl (C=O) groups excluding carboxylic acids is 2. The van der Waals surface area contributed by atoms with Crippen molar-refractivity contribution < 1.29 is 14.0 Å². The second kappa shape index (κ2) is 8.42. The van der Waals surface area contributed by atoms with Gasteiger partial charge in [0, 0.05) is 29.6 Å². The Morgan fingerprint density at radius 1 is 1.10 bits per heavy atom. The zero-order chi connectivity index (χ0) is 21.1. The zero-order valence-corrected chi connectivity index (χ0v) is 16.9. The van der Waals surface area contributed by atoms with E-state index in [2.05, 4.69) is 20.7 Å². The Labute approximate surface area is 175 Å². The molecule has 30 heavy (non-hydrogen) atoms. The highest BCUT2D eigenvalue weighted by molar-refractivity contribution is 7.15. The number of halogens is 1. The summed E-state index contributed by atoms with van der Waals surface area (Å²) in [6, 6.07) is 13.2. The van der Waals surface area contributed by atoms with Crippen molar-refractivity contribution in [1.82, 2.24) is 19.9 Å². The van der Waals surface area contributed by atoms with E-state index >= 15 is 0 Å². The summed E-state index contributed by atoms with van der Waals surface area (Å²) in [4.78, 5) is 29.3. The van der Waals surface area contributed by atoms with Crippen LogP contribution in [0.3, 0.4) is 0 Å². The van der Waals surface area contributed by atoms with Crippen molar-refractivity contribution >= 4 is 33.8 Å². The van der Waals surface area contributed by atoms with Crippen molar-refractivity contribution in [2.45, 2.75) is 13.3 Å². The number of para-hydroxylation sites is 1. The SMILES string of the molecule is Cc1ccccc1NC(=O)C(=O)NCCc1csc2nc(-c3ccc(F)cc3)nn12. The van der Waals surface area contributed by atoms with Crippen LogP contribution in [-0.2, 0) is 16.0 Å². The van der Waals surface area contributed by atoms with Crippen molar-refractivity contribution in [3.63, 3.8) is 0 Å². The van der Waals surface area contributed by atoms with Crippen molar-refractivity contribution in [3.05, 3.63) is 71.0 Å². The first-order chi connectivity index (χ1) is 14.5. The van der Waals surface area contributed by atoms with Crippen molar-refractivity contribution in [2.75, 3.05) is 11.9 Å². The third-order valence-electron chi connectivity index (χ3n) is 4.52. The van der Waals surface area contributed by atoms with E-state index < -0.39 is 11.8 Å². The van der Waals surface area contributed by atoms with Crippen LogP contribution in [0, 0.1) is 12.7 Å². The number of anilines is 1. The highest BCUT2D eigenvalue weighted by Crippen LogP contribution is 2.21. The summed E-state index contributed by atoms with van der Waals surface area (Å²) in [5.41, 5.74) is 3.06. The molecule has 0 radical (unpaired) electrons. The van der Waals surface area contributed by atoms with Gasteiger partial charge < -0.3 is 10.6 Å². The summed E-state index contributed by atoms with van der Waals surface area (Å²) in [5.74, 6) is -1.22. The van der Waals surface area contributed by atoms with Crippen LogP contribution in [-0.4, -0.2) is 33.0 Å². The number of aryl methyl sites for hydroxylation is 1. The quantitative estimate of drug-likeness (QED) is 0.483. The van der Waals surface area contributed by atoms with Gasteiger partial charge >= 0.3 is 11.8 Å². The summed E-state index contributed by atoms with van der Waals surface area (Å²) in [6.07, 6.45) is 0.482. The lowest BCUT2D eigenvalue weighted by atomic mass is 10.2. The molecule has 0 saturated heterocycles. The molecule has 4 rings (SSSR count). The van der Waals surface area contributed by atoms with Crippen LogP contribution >= 0.6 is 11.3 Å². The molecule has 2 heterocycles. The third-order valence-corrected chi connectivity index (χ3v) is 5.38. The number of thiazole rings is 1. The number of hydrogen-bond donors (Lipinski definition) is 2. The first-order valence-electron chi connectivity index (χ1n) is 9.25. The highest BCUT2D eigenvalue weighted by Gasteiger charge is 2.15. The average Bonchev–Trinajstić information content (AvgIpc) is 3.32. The molecule has 9 heteroatoms. The lowest BCUT2D eigenvalue weighted by Gasteiger charge is -2.08. The van der Waals surface area contributed by atoms with Gasteiger partial charge in [-0.25, -0.2) is 8.91 Å². The fourth-order valence-corrected chi connectivity index (χ4v) is 3.75. The number of rotatable bonds is 5. The Kier molecular flexibility index (Phi) is 5.53. The number of hydrogen-bond acceptors (Lipinski definition) is 5. The Balaban J connectivity index is 1.37. The molecule has 2 aromatic heterocycles. The summed E-state index contributed by atoms with van der Waals surface area (Å²) in [5, 5.41) is 11.6. The molecule has 0 atom stereocenters. The van der Waals surface area contributed by atoms with Crippen LogP contribution in [0.25, 0.3) is 16.3 Å². The van der Waals surface area contributed by atoms with E-state index in [9.17, 15) is 14.0 Å². The van der Waals surface area contributed by atoms with E-state index in [1.807, 2.05) is 24.4 Å². The summed E-state index contributed by atoms with van der Waals surface area (Å²) >= 11 is 1.42. The maximum absolute atomic E-state index is 13.1. The standard InChI is InChI=1S/C21H18FN5O2S/c1-13-4-2-3-5-17(13)24-20(29)19(28)23-11-10-16-12-30-21-25-18(26-27(16)21)14-6-8-15(22)9-7-14/h2-9,12H,10-11H2,1H3,(H,23,28)(H,24,29). The summed E-state index contributed by atoms with van der Waals surface area (Å²) in [7, 11) is 0. The number of fused-ring (bicyclic) bond motifs is 1. The van der Waals surface area contributed by atoms with E-state index in [1.165, 1.54) is 23.5 Å². The lowest BCUT2D eigenvalue weighted by Crippen LogP contribution is -2.36. The Morgan fingerprint density at radius 2 is 1.87 bits per heavy atom. The van der Waals surface area contributed by atoms with Gasteiger partial charge in [-0.1, -0.05) is 18.2 Å². The topological polar surface area (TPSA) is 88.4 Å². The molecule has 0 aliphatic carbocycles. The molecule has 0 aliphatic heterocycles. The molecular formula is C21H18FN5O2S. The summed E-state index contributed by atoms with van der Waals surface area (Å²) < 4.78 is 14.8. The zero-order valence-electron chi connectivity index (χ0n) is 16.1. The van der Waals surface area contributed by atoms with E-state index in [4.69, 9.17) is 0 Å². The second-order valence-electron chi connectivity index (χ2n) is 6.64. The van der Waals surface area contributed by atoms with Crippen LogP contribution in [0.5, 0.6) is 0 Å². The number of nitrogens with zero attached hydrogens (tertiary/aromatic N) is 3. The van der Waals surface area contributed by atoms with Crippen molar-refractivity contribution in [2.24, 2.45) is 0 Å². The molecule has 152 valence electrons. The van der Waals surface area contributed by atoms with Gasteiger partial charge in [-0.3, -0.25) is 9.59 Å². The number of amides is 2. The molecule has 0 fully saturated rings. The van der Waals surface area contributed by atoms with E-state index in [0.29, 0.717) is 22.9 Å². The van der Waals surface area contributed by atoms with Gasteiger partial charge in [-0.2, -0.15) is 4.98 Å². The minimum atomic E-state index is -0.709. The average molecular weight is 423 g/mol. The maximum Gasteiger partial charge on any atom is 0.313 e. The van der Waals surface area contributed by atoms with Crippen LogP contribution in [0.2, 0.25) is 0 Å². The van der Waals surface area contributed by atoms with Gasteiger partial charge in [0.2, 0.25) is 4.96 Å². The smallest absolute Gasteiger partial charge is 0.313 e. The van der Waals surface area contributed by atoms with Gasteiger partial charge in [-0.15, -0.1) is 16.4 Å². The molecule has 2 amide bonds. The minimum Gasteiger partial charge on any atom is -0.347 e. The molecule has 0 unspecified atom stereocenters. The molecule has 0 bridgehead atoms. The number of benzene rings is 2. The van der Waals surface area contributed by atoms with E-state index in [0.717, 1.165) is 16.8 Å². The van der Waals surface area contributed by atoms with E-state index in [1.54, 1.807) is 28.8 Å². The highest BCUT2D eigenvalue weighted by atomic mass is 32.1. The number of aromatic nitrogens is 3. The van der Waals surface area contributed by atoms with E-state index in [-0.39, 0.29) is 12.4 Å². The number of nitrogens with one attached hydrogen (secondary N) is 2. The molecule has 4 aromatic rings. The van der Waals surface area contributed by atoms with Crippen molar-refractivity contribution in [3.8, 4) is 11.4 Å². The van der Waals surface area contributed by atoms with Crippen molar-refractivity contribution in [1.29, 1.82) is 0 Å². The number of carbonyl (C=O) groups is 2. The third kappa shape index (κ3) is 4.20. The fraction of sp³-hybridized carbons (Fsp3) is 0.143. The first kappa shape index (κ1) is 19.7. The molecular weight excluding hydrogens is 405 g/mol. The molecule has 0 aliphatic rings. The van der Waals surface area contributed by atoms with Crippen LogP contribution < -0.4 is 10.6 Å². The Bertz CT molecular complexity index is 1220. The summed E-state index contributed by atoms with van der Waals surface area (Å²) in [6.45, 7) is 2.13. The monoisotopic (exact) mass is 423 g/mol. The van der Waals surface area contributed by atoms with Gasteiger partial charge in [0.25, 0.3) is 0 Å². The van der Waals surface area contributed by atoms with Crippen LogP contribution in [0.1, 0.15) is 11.3 Å². The molecule has 0 spiro atoms. The Morgan fingerprint density at radius 3 is 2.63 bits per heavy atom. The fourth-order valence-electron chi connectivity index (χ4n) is 2.89. The first-order valence-corrected chi connectivity index (χ1v) is 10.1. The molecule has 7 nitrogen and oxygen atoms in total. The Hall–Kier alpha value is -3.59. The maximum atomic E-state index is 13.1. The normalized spacial score (nSPS) is 10.9. The predicted molar refractivity (Wildman–Crippen MR) is 113 cm³/mol. The second-order valence-corrected chi connectivity index (χ2v) is 7.48. The predicted octanol–water partition coefficient (Wildman–Crippen LogP) is 3.20. The molecule has 2 aromatic carbocycles. The van der Waals surface area contributed by atoms with Gasteiger partial charge in [0.15, 0.2) is 5.82 Å². The van der Waals surface area contributed by atoms with Crippen LogP contribution in [0.4, 0.5) is 10.1 Å². The van der Waals surface area contributed by atoms with Crippen LogP contribution in [0.15, 0.2) is 53.9 Å². The van der Waals surface area contributed by atoms with Gasteiger partial charge in [0.05, 0.1) is 5.69 Å². The lowest BCUT2D eigenvalue weighted by molar-refractivity contribution is -0.136. The molecule has 0 saturated carbocycles.